The smallest absolute Gasteiger partial charge is 0.253 e. The molecule has 5 N–H and O–H groups in total. The second kappa shape index (κ2) is 13.2. The molecule has 1 aromatic heterocycles. The van der Waals surface area contributed by atoms with Crippen LogP contribution in [-0.2, 0) is 11.4 Å². The third kappa shape index (κ3) is 6.68. The van der Waals surface area contributed by atoms with Crippen LogP contribution < -0.4 is 26.2 Å². The van der Waals surface area contributed by atoms with Crippen molar-refractivity contribution >= 4 is 57.9 Å². The monoisotopic (exact) mass is 564 g/mol. The molecule has 0 saturated carbocycles. The van der Waals surface area contributed by atoms with Crippen LogP contribution in [-0.4, -0.2) is 71.6 Å². The molecule has 1 saturated heterocycles. The second-order valence-electron chi connectivity index (χ2n) is 9.06. The van der Waals surface area contributed by atoms with Crippen molar-refractivity contribution in [2.45, 2.75) is 13.5 Å². The van der Waals surface area contributed by atoms with Crippen LogP contribution in [0.5, 0.6) is 0 Å². The Morgan fingerprint density at radius 3 is 2.52 bits per heavy atom. The number of benzene rings is 2. The molecule has 0 aliphatic carbocycles. The molecule has 11 nitrogen and oxygen atoms in total. The number of amides is 2. The summed E-state index contributed by atoms with van der Waals surface area (Å²) in [4.78, 5) is 37.9. The fourth-order valence-electron chi connectivity index (χ4n) is 4.42. The number of rotatable bonds is 10. The molecule has 0 radical (unpaired) electrons. The zero-order valence-electron chi connectivity index (χ0n) is 22.5. The van der Waals surface area contributed by atoms with Crippen LogP contribution in [0, 0.1) is 0 Å². The van der Waals surface area contributed by atoms with Gasteiger partial charge in [0.2, 0.25) is 11.9 Å². The lowest BCUT2D eigenvalue weighted by atomic mass is 10.1. The van der Waals surface area contributed by atoms with Crippen molar-refractivity contribution in [2.75, 3.05) is 60.6 Å². The van der Waals surface area contributed by atoms with Crippen LogP contribution in [0.3, 0.4) is 0 Å². The number of hydrogen-bond acceptors (Lipinski definition) is 9. The SMILES string of the molecule is C=CC(=O)Nc1cc(Nc2ncc(Cl)c(Nc3ccccc3C(=O)NC)n2)c(CO)cc1N1CCN(CC)CC1. The van der Waals surface area contributed by atoms with E-state index in [0.29, 0.717) is 28.2 Å². The Balaban J connectivity index is 1.66. The van der Waals surface area contributed by atoms with Crippen molar-refractivity contribution < 1.29 is 14.7 Å². The summed E-state index contributed by atoms with van der Waals surface area (Å²) >= 11 is 6.38. The average molecular weight is 565 g/mol. The first kappa shape index (κ1) is 28.8. The Bertz CT molecular complexity index is 1390. The maximum absolute atomic E-state index is 12.3. The molecule has 1 aliphatic heterocycles. The van der Waals surface area contributed by atoms with Gasteiger partial charge in [0, 0.05) is 44.5 Å². The Kier molecular flexibility index (Phi) is 9.54. The predicted molar refractivity (Wildman–Crippen MR) is 159 cm³/mol. The number of anilines is 6. The van der Waals surface area contributed by atoms with E-state index in [0.717, 1.165) is 38.4 Å². The molecule has 0 unspecified atom stereocenters. The topological polar surface area (TPSA) is 135 Å². The normalized spacial score (nSPS) is 13.4. The molecule has 1 aliphatic rings. The highest BCUT2D eigenvalue weighted by Gasteiger charge is 2.21. The minimum Gasteiger partial charge on any atom is -0.392 e. The quantitative estimate of drug-likeness (QED) is 0.233. The molecular weight excluding hydrogens is 532 g/mol. The van der Waals surface area contributed by atoms with Crippen molar-refractivity contribution in [3.05, 3.63) is 71.4 Å². The van der Waals surface area contributed by atoms with E-state index in [9.17, 15) is 14.7 Å². The van der Waals surface area contributed by atoms with E-state index >= 15 is 0 Å². The average Bonchev–Trinajstić information content (AvgIpc) is 2.98. The number of hydrogen-bond donors (Lipinski definition) is 5. The number of halogens is 1. The number of likely N-dealkylation sites (N-methyl/N-ethyl adjacent to an activating group) is 1. The molecule has 0 bridgehead atoms. The van der Waals surface area contributed by atoms with Gasteiger partial charge in [-0.2, -0.15) is 4.98 Å². The molecule has 4 rings (SSSR count). The first-order valence-corrected chi connectivity index (χ1v) is 13.3. The molecule has 0 spiro atoms. The van der Waals surface area contributed by atoms with Crippen molar-refractivity contribution in [3.63, 3.8) is 0 Å². The number of carbonyl (C=O) groups is 2. The minimum atomic E-state index is -0.347. The third-order valence-electron chi connectivity index (χ3n) is 6.64. The van der Waals surface area contributed by atoms with Gasteiger partial charge in [-0.3, -0.25) is 9.59 Å². The zero-order valence-corrected chi connectivity index (χ0v) is 23.3. The van der Waals surface area contributed by atoms with Crippen LogP contribution >= 0.6 is 11.6 Å². The number of para-hydroxylation sites is 1. The second-order valence-corrected chi connectivity index (χ2v) is 9.47. The molecule has 40 heavy (non-hydrogen) atoms. The standard InChI is InChI=1S/C28H33ClN8O3/c1-4-25(39)32-23-15-22(18(17-38)14-24(23)37-12-10-36(5-2)11-13-37)34-28-31-16-20(29)26(35-28)33-21-9-7-6-8-19(21)27(40)30-3/h4,6-9,14-16,38H,1,5,10-13,17H2,2-3H3,(H,30,40)(H,32,39)(H2,31,33,34,35). The van der Waals surface area contributed by atoms with Gasteiger partial charge in [-0.1, -0.05) is 37.2 Å². The maximum atomic E-state index is 12.3. The van der Waals surface area contributed by atoms with Crippen LogP contribution in [0.1, 0.15) is 22.8 Å². The predicted octanol–water partition coefficient (Wildman–Crippen LogP) is 3.74. The number of nitrogens with zero attached hydrogens (tertiary/aromatic N) is 4. The molecule has 2 amide bonds. The summed E-state index contributed by atoms with van der Waals surface area (Å²) in [6.07, 6.45) is 2.64. The third-order valence-corrected chi connectivity index (χ3v) is 6.91. The summed E-state index contributed by atoms with van der Waals surface area (Å²) in [5.41, 5.74) is 3.44. The van der Waals surface area contributed by atoms with E-state index in [4.69, 9.17) is 11.6 Å². The van der Waals surface area contributed by atoms with Crippen LogP contribution in [0.15, 0.2) is 55.3 Å². The van der Waals surface area contributed by atoms with Gasteiger partial charge in [0.25, 0.3) is 5.91 Å². The Hall–Kier alpha value is -4.19. The summed E-state index contributed by atoms with van der Waals surface area (Å²) < 4.78 is 0. The molecular formula is C28H33ClN8O3. The highest BCUT2D eigenvalue weighted by molar-refractivity contribution is 6.33. The van der Waals surface area contributed by atoms with E-state index in [1.165, 1.54) is 12.3 Å². The number of carbonyl (C=O) groups excluding carboxylic acids is 2. The van der Waals surface area contributed by atoms with Crippen molar-refractivity contribution in [2.24, 2.45) is 0 Å². The lowest BCUT2D eigenvalue weighted by Crippen LogP contribution is -2.46. The highest BCUT2D eigenvalue weighted by Crippen LogP contribution is 2.35. The van der Waals surface area contributed by atoms with Crippen LogP contribution in [0.2, 0.25) is 5.02 Å². The van der Waals surface area contributed by atoms with Gasteiger partial charge < -0.3 is 36.2 Å². The number of nitrogens with one attached hydrogen (secondary N) is 4. The number of aliphatic hydroxyl groups is 1. The van der Waals surface area contributed by atoms with E-state index in [2.05, 4.69) is 54.5 Å². The van der Waals surface area contributed by atoms with Gasteiger partial charge in [-0.25, -0.2) is 4.98 Å². The summed E-state index contributed by atoms with van der Waals surface area (Å²) in [7, 11) is 1.56. The fraction of sp³-hybridized carbons (Fsp3) is 0.286. The van der Waals surface area contributed by atoms with E-state index in [-0.39, 0.29) is 35.2 Å². The maximum Gasteiger partial charge on any atom is 0.253 e. The van der Waals surface area contributed by atoms with Gasteiger partial charge in [0.05, 0.1) is 35.4 Å². The summed E-state index contributed by atoms with van der Waals surface area (Å²) in [6, 6.07) is 10.6. The number of aliphatic hydroxyl groups excluding tert-OH is 1. The molecule has 1 fully saturated rings. The van der Waals surface area contributed by atoms with E-state index in [1.807, 2.05) is 6.07 Å². The highest BCUT2D eigenvalue weighted by atomic mass is 35.5. The Labute approximate surface area is 238 Å². The van der Waals surface area contributed by atoms with Gasteiger partial charge in [0.15, 0.2) is 5.82 Å². The van der Waals surface area contributed by atoms with Crippen molar-refractivity contribution in [1.29, 1.82) is 0 Å². The lowest BCUT2D eigenvalue weighted by molar-refractivity contribution is -0.111. The molecule has 210 valence electrons. The van der Waals surface area contributed by atoms with E-state index in [1.54, 1.807) is 37.4 Å². The summed E-state index contributed by atoms with van der Waals surface area (Å²) in [6.45, 7) is 9.80. The molecule has 2 heterocycles. The Morgan fingerprint density at radius 1 is 1.10 bits per heavy atom. The van der Waals surface area contributed by atoms with Crippen molar-refractivity contribution in [1.82, 2.24) is 20.2 Å². The molecule has 3 aromatic rings. The summed E-state index contributed by atoms with van der Waals surface area (Å²) in [5.74, 6) is -0.124. The first-order valence-electron chi connectivity index (χ1n) is 12.9. The van der Waals surface area contributed by atoms with E-state index < -0.39 is 0 Å². The van der Waals surface area contributed by atoms with Crippen LogP contribution in [0.25, 0.3) is 0 Å². The zero-order chi connectivity index (χ0) is 28.6. The van der Waals surface area contributed by atoms with Gasteiger partial charge in [0.1, 0.15) is 5.02 Å². The molecule has 0 atom stereocenters. The minimum absolute atomic E-state index is 0.198. The first-order chi connectivity index (χ1) is 19.4. The van der Waals surface area contributed by atoms with Crippen molar-refractivity contribution in [3.8, 4) is 0 Å². The molecule has 12 heteroatoms. The molecule has 2 aromatic carbocycles. The lowest BCUT2D eigenvalue weighted by Gasteiger charge is -2.36. The Morgan fingerprint density at radius 2 is 1.85 bits per heavy atom. The number of piperazine rings is 1. The van der Waals surface area contributed by atoms with Gasteiger partial charge in [-0.15, -0.1) is 0 Å². The fourth-order valence-corrected chi connectivity index (χ4v) is 4.56. The van der Waals surface area contributed by atoms with Gasteiger partial charge in [-0.05, 0) is 36.9 Å². The summed E-state index contributed by atoms with van der Waals surface area (Å²) in [5, 5.41) is 22.2. The van der Waals surface area contributed by atoms with Crippen LogP contribution in [0.4, 0.5) is 34.5 Å². The largest absolute Gasteiger partial charge is 0.392 e. The van der Waals surface area contributed by atoms with Gasteiger partial charge >= 0.3 is 0 Å². The number of aromatic nitrogens is 2.